The number of fused-ring (bicyclic) bond motifs is 5. The third-order valence-corrected chi connectivity index (χ3v) is 9.38. The lowest BCUT2D eigenvalue weighted by atomic mass is 9.73. The number of Topliss-reactive ketones (excluding diaryl/α,β-unsaturated/α-hetero) is 1. The number of rotatable bonds is 9. The summed E-state index contributed by atoms with van der Waals surface area (Å²) in [6.45, 7) is -0.512. The van der Waals surface area contributed by atoms with Crippen LogP contribution in [0.4, 0.5) is 11.4 Å². The van der Waals surface area contributed by atoms with Crippen molar-refractivity contribution in [1.82, 2.24) is 0 Å². The van der Waals surface area contributed by atoms with Gasteiger partial charge in [0, 0.05) is 17.7 Å². The molecule has 230 valence electrons. The van der Waals surface area contributed by atoms with E-state index in [9.17, 15) is 29.3 Å². The molecule has 46 heavy (non-hydrogen) atoms. The maximum absolute atomic E-state index is 13.7. The van der Waals surface area contributed by atoms with Crippen LogP contribution in [0.1, 0.15) is 45.0 Å². The fourth-order valence-electron chi connectivity index (χ4n) is 7.35. The highest BCUT2D eigenvalue weighted by Crippen LogP contribution is 2.61. The fourth-order valence-corrected chi connectivity index (χ4v) is 7.35. The Morgan fingerprint density at radius 2 is 1.46 bits per heavy atom. The SMILES string of the molecule is O=C(COC(=O)c1cccc(N2C(=O)[C@@H]3[C@@H]4C[C@@H]([C@H]3C2=O)[C@H](c2ccccc2)C4)c1)c1ccc(Oc2ccc([N+](=O)[O-])cc2)cc1. The van der Waals surface area contributed by atoms with E-state index < -0.39 is 23.3 Å². The van der Waals surface area contributed by atoms with Crippen molar-refractivity contribution < 1.29 is 33.6 Å². The van der Waals surface area contributed by atoms with Gasteiger partial charge >= 0.3 is 5.97 Å². The van der Waals surface area contributed by atoms with Crippen LogP contribution in [-0.2, 0) is 14.3 Å². The summed E-state index contributed by atoms with van der Waals surface area (Å²) >= 11 is 0. The summed E-state index contributed by atoms with van der Waals surface area (Å²) in [6, 6.07) is 28.1. The van der Waals surface area contributed by atoms with Gasteiger partial charge in [-0.1, -0.05) is 36.4 Å². The van der Waals surface area contributed by atoms with Gasteiger partial charge in [-0.15, -0.1) is 0 Å². The number of ether oxygens (including phenoxy) is 2. The van der Waals surface area contributed by atoms with E-state index in [1.165, 1.54) is 59.0 Å². The van der Waals surface area contributed by atoms with Crippen molar-refractivity contribution in [1.29, 1.82) is 0 Å². The number of carbonyl (C=O) groups is 4. The number of esters is 1. The van der Waals surface area contributed by atoms with Gasteiger partial charge in [-0.3, -0.25) is 29.4 Å². The Balaban J connectivity index is 0.979. The van der Waals surface area contributed by atoms with E-state index >= 15 is 0 Å². The van der Waals surface area contributed by atoms with Crippen LogP contribution in [0, 0.1) is 33.8 Å². The van der Waals surface area contributed by atoms with E-state index in [4.69, 9.17) is 9.47 Å². The van der Waals surface area contributed by atoms with Gasteiger partial charge in [0.1, 0.15) is 11.5 Å². The van der Waals surface area contributed by atoms with E-state index in [2.05, 4.69) is 12.1 Å². The maximum Gasteiger partial charge on any atom is 0.338 e. The molecule has 0 unspecified atom stereocenters. The van der Waals surface area contributed by atoms with Crippen molar-refractivity contribution in [3.8, 4) is 11.5 Å². The lowest BCUT2D eigenvalue weighted by Gasteiger charge is -2.28. The molecule has 10 nitrogen and oxygen atoms in total. The van der Waals surface area contributed by atoms with Crippen molar-refractivity contribution in [2.75, 3.05) is 11.5 Å². The molecule has 4 aromatic rings. The molecule has 0 aromatic heterocycles. The first-order chi connectivity index (χ1) is 22.3. The summed E-state index contributed by atoms with van der Waals surface area (Å²) < 4.78 is 11.0. The number of ketones is 1. The van der Waals surface area contributed by atoms with Crippen LogP contribution in [0.3, 0.4) is 0 Å². The molecule has 0 spiro atoms. The van der Waals surface area contributed by atoms with Gasteiger partial charge in [-0.05, 0) is 90.8 Å². The summed E-state index contributed by atoms with van der Waals surface area (Å²) in [5, 5.41) is 10.8. The van der Waals surface area contributed by atoms with Crippen LogP contribution in [0.15, 0.2) is 103 Å². The first kappa shape index (κ1) is 29.1. The smallest absolute Gasteiger partial charge is 0.338 e. The number of non-ortho nitro benzene ring substituents is 1. The van der Waals surface area contributed by atoms with Crippen molar-refractivity contribution in [3.63, 3.8) is 0 Å². The number of hydrogen-bond donors (Lipinski definition) is 0. The van der Waals surface area contributed by atoms with Crippen LogP contribution in [0.5, 0.6) is 11.5 Å². The quantitative estimate of drug-likeness (QED) is 0.0698. The number of benzene rings is 4. The van der Waals surface area contributed by atoms with Gasteiger partial charge in [-0.25, -0.2) is 4.79 Å². The normalized spacial score (nSPS) is 22.9. The van der Waals surface area contributed by atoms with E-state index in [1.807, 2.05) is 18.2 Å². The zero-order valence-corrected chi connectivity index (χ0v) is 24.5. The predicted octanol–water partition coefficient (Wildman–Crippen LogP) is 6.36. The number of hydrogen-bond acceptors (Lipinski definition) is 8. The topological polar surface area (TPSA) is 133 Å². The number of nitrogens with zero attached hydrogens (tertiary/aromatic N) is 2. The van der Waals surface area contributed by atoms with Crippen LogP contribution in [-0.4, -0.2) is 35.1 Å². The molecule has 5 atom stereocenters. The standard InChI is InChI=1S/C36H28N2O8/c39-31(22-9-13-27(14-10-22)46-28-15-11-25(12-16-28)38(43)44)20-45-36(42)23-7-4-8-26(17-23)37-34(40)32-24-18-29(21-5-2-1-3-6-21)30(19-24)33(32)35(37)41/h1-17,24,29-30,32-33H,18-20H2/t24-,29-,30+,32+,33+/m0/s1. The lowest BCUT2D eigenvalue weighted by molar-refractivity contribution is -0.384. The number of anilines is 1. The number of nitro benzene ring substituents is 1. The van der Waals surface area contributed by atoms with Gasteiger partial charge in [0.2, 0.25) is 11.8 Å². The summed E-state index contributed by atoms with van der Waals surface area (Å²) in [4.78, 5) is 64.5. The lowest BCUT2D eigenvalue weighted by Crippen LogP contribution is -2.33. The molecule has 2 saturated carbocycles. The Bertz CT molecular complexity index is 1860. The minimum Gasteiger partial charge on any atom is -0.457 e. The summed E-state index contributed by atoms with van der Waals surface area (Å²) in [6.07, 6.45) is 1.76. The molecule has 3 fully saturated rings. The van der Waals surface area contributed by atoms with Gasteiger partial charge < -0.3 is 9.47 Å². The van der Waals surface area contributed by atoms with E-state index in [0.717, 1.165) is 12.8 Å². The largest absolute Gasteiger partial charge is 0.457 e. The molecule has 2 bridgehead atoms. The van der Waals surface area contributed by atoms with Gasteiger partial charge in [0.25, 0.3) is 5.69 Å². The molecule has 4 aromatic carbocycles. The maximum atomic E-state index is 13.7. The molecule has 1 heterocycles. The van der Waals surface area contributed by atoms with Crippen LogP contribution < -0.4 is 9.64 Å². The fraction of sp³-hybridized carbons (Fsp3) is 0.222. The van der Waals surface area contributed by atoms with Gasteiger partial charge in [-0.2, -0.15) is 0 Å². The van der Waals surface area contributed by atoms with Crippen molar-refractivity contribution >= 4 is 34.9 Å². The number of amides is 2. The summed E-state index contributed by atoms with van der Waals surface area (Å²) in [5.74, 6) is -0.994. The minimum absolute atomic E-state index is 0.0566. The minimum atomic E-state index is -0.753. The molecular formula is C36H28N2O8. The highest BCUT2D eigenvalue weighted by atomic mass is 16.6. The molecule has 1 aliphatic heterocycles. The Morgan fingerprint density at radius 1 is 0.783 bits per heavy atom. The van der Waals surface area contributed by atoms with Crippen molar-refractivity contribution in [3.05, 3.63) is 130 Å². The first-order valence-corrected chi connectivity index (χ1v) is 15.0. The van der Waals surface area contributed by atoms with Crippen molar-refractivity contribution in [2.45, 2.75) is 18.8 Å². The third kappa shape index (κ3) is 5.21. The van der Waals surface area contributed by atoms with Crippen LogP contribution in [0.25, 0.3) is 0 Å². The van der Waals surface area contributed by atoms with E-state index in [-0.39, 0.29) is 52.7 Å². The number of imide groups is 1. The zero-order valence-electron chi connectivity index (χ0n) is 24.5. The second-order valence-electron chi connectivity index (χ2n) is 11.9. The number of nitro groups is 1. The monoisotopic (exact) mass is 616 g/mol. The second kappa shape index (κ2) is 11.7. The van der Waals surface area contributed by atoms with Gasteiger partial charge in [0.05, 0.1) is 28.0 Å². The molecule has 1 saturated heterocycles. The molecular weight excluding hydrogens is 588 g/mol. The first-order valence-electron chi connectivity index (χ1n) is 15.0. The van der Waals surface area contributed by atoms with Crippen LogP contribution in [0.2, 0.25) is 0 Å². The highest BCUT2D eigenvalue weighted by Gasteiger charge is 2.64. The molecule has 3 aliphatic rings. The molecule has 2 amide bonds. The van der Waals surface area contributed by atoms with Crippen LogP contribution >= 0.6 is 0 Å². The third-order valence-electron chi connectivity index (χ3n) is 9.38. The highest BCUT2D eigenvalue weighted by molar-refractivity contribution is 6.23. The average Bonchev–Trinajstić information content (AvgIpc) is 3.75. The number of carbonyl (C=O) groups excluding carboxylic acids is 4. The molecule has 2 aliphatic carbocycles. The Kier molecular flexibility index (Phi) is 7.40. The zero-order chi connectivity index (χ0) is 31.9. The van der Waals surface area contributed by atoms with E-state index in [1.54, 1.807) is 24.3 Å². The average molecular weight is 617 g/mol. The predicted molar refractivity (Wildman–Crippen MR) is 166 cm³/mol. The Labute approximate surface area is 263 Å². The summed E-state index contributed by atoms with van der Waals surface area (Å²) in [7, 11) is 0. The molecule has 0 N–H and O–H groups in total. The Morgan fingerprint density at radius 3 is 2.15 bits per heavy atom. The van der Waals surface area contributed by atoms with E-state index in [0.29, 0.717) is 22.7 Å². The summed E-state index contributed by atoms with van der Waals surface area (Å²) in [5.41, 5.74) is 1.89. The van der Waals surface area contributed by atoms with Crippen molar-refractivity contribution in [2.24, 2.45) is 23.7 Å². The molecule has 7 rings (SSSR count). The molecule has 10 heteroatoms. The van der Waals surface area contributed by atoms with Gasteiger partial charge in [0.15, 0.2) is 12.4 Å². The Hall–Kier alpha value is -5.64. The molecule has 0 radical (unpaired) electrons. The second-order valence-corrected chi connectivity index (χ2v) is 11.9.